The molecular formula is C9H15O5-. The molecule has 0 amide bonds. The molecule has 82 valence electrons. The Balaban J connectivity index is 2.82. The minimum Gasteiger partial charge on any atom is -0.547 e. The number of rotatable bonds is 2. The molecule has 0 bridgehead atoms. The number of aliphatic carboxylic acids is 1. The van der Waals surface area contributed by atoms with Gasteiger partial charge in [-0.25, -0.2) is 0 Å². The molecule has 0 aromatic carbocycles. The molecule has 5 atom stereocenters. The molecule has 0 aromatic rings. The Morgan fingerprint density at radius 2 is 2.00 bits per heavy atom. The summed E-state index contributed by atoms with van der Waals surface area (Å²) >= 11 is 0. The van der Waals surface area contributed by atoms with Crippen molar-refractivity contribution >= 4 is 5.97 Å². The fraction of sp³-hybridized carbons (Fsp3) is 0.889. The number of aliphatic hydroxyl groups excluding tert-OH is 1. The number of methoxy groups -OCH3 is 1. The zero-order valence-electron chi connectivity index (χ0n) is 8.47. The molecule has 1 rings (SSSR count). The first-order valence-corrected chi connectivity index (χ1v) is 4.56. The van der Waals surface area contributed by atoms with E-state index in [1.165, 1.54) is 7.11 Å². The molecule has 1 saturated heterocycles. The molecule has 14 heavy (non-hydrogen) atoms. The van der Waals surface area contributed by atoms with Crippen LogP contribution >= 0.6 is 0 Å². The maximum Gasteiger partial charge on any atom is 0.158 e. The number of carboxylic acid groups (broad SMARTS) is 1. The summed E-state index contributed by atoms with van der Waals surface area (Å²) in [5, 5.41) is 20.1. The predicted molar refractivity (Wildman–Crippen MR) is 45.0 cm³/mol. The minimum atomic E-state index is -1.35. The van der Waals surface area contributed by atoms with Crippen molar-refractivity contribution in [2.45, 2.75) is 32.3 Å². The van der Waals surface area contributed by atoms with Crippen molar-refractivity contribution in [1.82, 2.24) is 0 Å². The zero-order chi connectivity index (χ0) is 10.9. The van der Waals surface area contributed by atoms with E-state index in [9.17, 15) is 15.0 Å². The Hall–Kier alpha value is -0.650. The second-order valence-corrected chi connectivity index (χ2v) is 3.68. The Labute approximate surface area is 82.6 Å². The molecule has 1 aliphatic rings. The fourth-order valence-electron chi connectivity index (χ4n) is 1.71. The van der Waals surface area contributed by atoms with Gasteiger partial charge in [0.1, 0.15) is 6.10 Å². The molecule has 1 fully saturated rings. The van der Waals surface area contributed by atoms with Gasteiger partial charge in [-0.05, 0) is 5.92 Å². The van der Waals surface area contributed by atoms with Gasteiger partial charge < -0.3 is 24.5 Å². The summed E-state index contributed by atoms with van der Waals surface area (Å²) in [7, 11) is 1.42. The van der Waals surface area contributed by atoms with Gasteiger partial charge in [-0.2, -0.15) is 0 Å². The highest BCUT2D eigenvalue weighted by Crippen LogP contribution is 2.30. The standard InChI is InChI=1S/C9H16O5/c1-4-5(2)9(12)14-7(8(10)11)6(4)13-3/h4-7,9,12H,1-3H3,(H,10,11)/p-1. The van der Waals surface area contributed by atoms with Crippen LogP contribution in [0.2, 0.25) is 0 Å². The third-order valence-corrected chi connectivity index (χ3v) is 2.89. The van der Waals surface area contributed by atoms with E-state index in [1.807, 2.05) is 6.92 Å². The van der Waals surface area contributed by atoms with E-state index >= 15 is 0 Å². The van der Waals surface area contributed by atoms with Crippen LogP contribution in [0.1, 0.15) is 13.8 Å². The van der Waals surface area contributed by atoms with E-state index in [0.717, 1.165) is 0 Å². The van der Waals surface area contributed by atoms with Crippen LogP contribution in [0.4, 0.5) is 0 Å². The highest BCUT2D eigenvalue weighted by molar-refractivity contribution is 5.71. The Bertz CT molecular complexity index is 217. The molecule has 1 heterocycles. The van der Waals surface area contributed by atoms with Gasteiger partial charge in [0.2, 0.25) is 0 Å². The number of hydrogen-bond acceptors (Lipinski definition) is 5. The molecule has 0 aliphatic carbocycles. The summed E-state index contributed by atoms with van der Waals surface area (Å²) in [6.45, 7) is 3.60. The highest BCUT2D eigenvalue weighted by Gasteiger charge is 2.41. The van der Waals surface area contributed by atoms with E-state index in [4.69, 9.17) is 9.47 Å². The summed E-state index contributed by atoms with van der Waals surface area (Å²) in [5.74, 6) is -1.60. The highest BCUT2D eigenvalue weighted by atomic mass is 16.6. The molecule has 0 aromatic heterocycles. The third kappa shape index (κ3) is 1.89. The second-order valence-electron chi connectivity index (χ2n) is 3.68. The lowest BCUT2D eigenvalue weighted by Crippen LogP contribution is -2.56. The van der Waals surface area contributed by atoms with Gasteiger partial charge >= 0.3 is 0 Å². The van der Waals surface area contributed by atoms with Gasteiger partial charge in [0.15, 0.2) is 6.29 Å². The van der Waals surface area contributed by atoms with Gasteiger partial charge in [-0.3, -0.25) is 0 Å². The number of aliphatic hydroxyl groups is 1. The SMILES string of the molecule is COC1C(C(=O)[O-])OC(O)C(C)C1C. The van der Waals surface area contributed by atoms with Gasteiger partial charge in [0, 0.05) is 13.0 Å². The molecular weight excluding hydrogens is 188 g/mol. The third-order valence-electron chi connectivity index (χ3n) is 2.89. The van der Waals surface area contributed by atoms with Gasteiger partial charge in [-0.15, -0.1) is 0 Å². The van der Waals surface area contributed by atoms with Crippen LogP contribution in [0.15, 0.2) is 0 Å². The quantitative estimate of drug-likeness (QED) is 0.606. The summed E-state index contributed by atoms with van der Waals surface area (Å²) < 4.78 is 9.94. The summed E-state index contributed by atoms with van der Waals surface area (Å²) in [5.41, 5.74) is 0. The number of hydrogen-bond donors (Lipinski definition) is 1. The fourth-order valence-corrected chi connectivity index (χ4v) is 1.71. The minimum absolute atomic E-state index is 0.0911. The van der Waals surface area contributed by atoms with Gasteiger partial charge in [0.25, 0.3) is 0 Å². The van der Waals surface area contributed by atoms with Crippen LogP contribution in [0.5, 0.6) is 0 Å². The molecule has 1 N–H and O–H groups in total. The van der Waals surface area contributed by atoms with Crippen LogP contribution in [0.25, 0.3) is 0 Å². The first-order valence-electron chi connectivity index (χ1n) is 4.56. The Kier molecular flexibility index (Phi) is 3.47. The smallest absolute Gasteiger partial charge is 0.158 e. The van der Waals surface area contributed by atoms with Crippen molar-refractivity contribution in [3.63, 3.8) is 0 Å². The van der Waals surface area contributed by atoms with Crippen molar-refractivity contribution in [1.29, 1.82) is 0 Å². The zero-order valence-corrected chi connectivity index (χ0v) is 8.47. The Morgan fingerprint density at radius 3 is 2.43 bits per heavy atom. The van der Waals surface area contributed by atoms with Crippen molar-refractivity contribution in [2.24, 2.45) is 11.8 Å². The maximum atomic E-state index is 10.7. The predicted octanol–water partition coefficient (Wildman–Crippen LogP) is -1.26. The normalized spacial score (nSPS) is 43.6. The van der Waals surface area contributed by atoms with E-state index < -0.39 is 24.5 Å². The lowest BCUT2D eigenvalue weighted by atomic mass is 9.84. The maximum absolute atomic E-state index is 10.7. The largest absolute Gasteiger partial charge is 0.547 e. The number of ether oxygens (including phenoxy) is 2. The molecule has 0 saturated carbocycles. The number of carbonyl (C=O) groups excluding carboxylic acids is 1. The molecule has 5 heteroatoms. The van der Waals surface area contributed by atoms with Crippen LogP contribution in [0.3, 0.4) is 0 Å². The molecule has 5 unspecified atom stereocenters. The van der Waals surface area contributed by atoms with Crippen LogP contribution < -0.4 is 5.11 Å². The first-order chi connectivity index (χ1) is 6.49. The average Bonchev–Trinajstić information content (AvgIpc) is 2.13. The lowest BCUT2D eigenvalue weighted by molar-refractivity contribution is -0.339. The van der Waals surface area contributed by atoms with E-state index in [-0.39, 0.29) is 11.8 Å². The topological polar surface area (TPSA) is 78.8 Å². The van der Waals surface area contributed by atoms with Crippen LogP contribution in [-0.4, -0.2) is 36.7 Å². The van der Waals surface area contributed by atoms with Gasteiger partial charge in [0.05, 0.1) is 12.1 Å². The summed E-state index contributed by atoms with van der Waals surface area (Å²) in [6.07, 6.45) is -2.83. The first kappa shape index (κ1) is 11.4. The van der Waals surface area contributed by atoms with Crippen molar-refractivity contribution < 1.29 is 24.5 Å². The van der Waals surface area contributed by atoms with Crippen molar-refractivity contribution in [3.8, 4) is 0 Å². The van der Waals surface area contributed by atoms with E-state index in [1.54, 1.807) is 6.92 Å². The molecule has 1 aliphatic heterocycles. The molecule has 0 spiro atoms. The summed E-state index contributed by atoms with van der Waals surface area (Å²) in [6, 6.07) is 0. The van der Waals surface area contributed by atoms with Crippen LogP contribution in [-0.2, 0) is 14.3 Å². The van der Waals surface area contributed by atoms with E-state index in [2.05, 4.69) is 0 Å². The van der Waals surface area contributed by atoms with Crippen LogP contribution in [0, 0.1) is 11.8 Å². The lowest BCUT2D eigenvalue weighted by Gasteiger charge is -2.42. The Morgan fingerprint density at radius 1 is 1.43 bits per heavy atom. The van der Waals surface area contributed by atoms with Crippen molar-refractivity contribution in [3.05, 3.63) is 0 Å². The molecule has 0 radical (unpaired) electrons. The van der Waals surface area contributed by atoms with Gasteiger partial charge in [-0.1, -0.05) is 13.8 Å². The number of carbonyl (C=O) groups is 1. The van der Waals surface area contributed by atoms with E-state index in [0.29, 0.717) is 0 Å². The monoisotopic (exact) mass is 203 g/mol. The average molecular weight is 203 g/mol. The molecule has 5 nitrogen and oxygen atoms in total. The second kappa shape index (κ2) is 4.25. The van der Waals surface area contributed by atoms with Crippen molar-refractivity contribution in [2.75, 3.05) is 7.11 Å². The summed E-state index contributed by atoms with van der Waals surface area (Å²) in [4.78, 5) is 10.7. The number of carboxylic acids is 1.